The summed E-state index contributed by atoms with van der Waals surface area (Å²) in [4.78, 5) is 11.9. The molecule has 0 unspecified atom stereocenters. The predicted octanol–water partition coefficient (Wildman–Crippen LogP) is 3.58. The largest absolute Gasteiger partial charge is 0.351 e. The van der Waals surface area contributed by atoms with Crippen LogP contribution >= 0.6 is 22.3 Å². The Kier molecular flexibility index (Phi) is 4.85. The Morgan fingerprint density at radius 3 is 2.52 bits per heavy atom. The van der Waals surface area contributed by atoms with Crippen molar-refractivity contribution in [1.82, 2.24) is 5.32 Å². The number of benzene rings is 1. The first-order chi connectivity index (χ1) is 9.77. The zero-order chi connectivity index (χ0) is 15.7. The molecule has 0 bridgehead atoms. The van der Waals surface area contributed by atoms with Crippen molar-refractivity contribution in [3.63, 3.8) is 0 Å². The molecule has 0 saturated heterocycles. The minimum Gasteiger partial charge on any atom is -0.351 e. The molecule has 1 aromatic carbocycles. The topological polar surface area (TPSA) is 63.2 Å². The van der Waals surface area contributed by atoms with E-state index in [1.54, 1.807) is 0 Å². The molecule has 2 rings (SSSR count). The maximum Gasteiger partial charge on any atom is 0.262 e. The Morgan fingerprint density at radius 2 is 2.05 bits per heavy atom. The Hall–Kier alpha value is -0.780. The van der Waals surface area contributed by atoms with Crippen molar-refractivity contribution in [2.75, 3.05) is 6.54 Å². The van der Waals surface area contributed by atoms with Crippen molar-refractivity contribution >= 4 is 37.2 Å². The Bertz CT molecular complexity index is 649. The lowest BCUT2D eigenvalue weighted by Crippen LogP contribution is -2.41. The highest BCUT2D eigenvalue weighted by Crippen LogP contribution is 2.43. The SMILES string of the molecule is CCC1(CNC(=O)c2ccc(Cl)c(S(=O)(=O)Cl)c2)CCC1. The van der Waals surface area contributed by atoms with Crippen LogP contribution in [0.4, 0.5) is 0 Å². The van der Waals surface area contributed by atoms with Crippen LogP contribution in [0.3, 0.4) is 0 Å². The molecule has 1 aliphatic rings. The molecular weight excluding hydrogens is 333 g/mol. The van der Waals surface area contributed by atoms with E-state index < -0.39 is 9.05 Å². The maximum absolute atomic E-state index is 12.1. The fraction of sp³-hybridized carbons (Fsp3) is 0.500. The van der Waals surface area contributed by atoms with Gasteiger partial charge in [-0.05, 0) is 42.9 Å². The minimum absolute atomic E-state index is 0.00516. The van der Waals surface area contributed by atoms with E-state index in [-0.39, 0.29) is 26.8 Å². The van der Waals surface area contributed by atoms with Gasteiger partial charge in [0, 0.05) is 22.8 Å². The second-order valence-electron chi connectivity index (χ2n) is 5.47. The summed E-state index contributed by atoms with van der Waals surface area (Å²) >= 11 is 5.79. The molecular formula is C14H17Cl2NO3S. The monoisotopic (exact) mass is 349 g/mol. The van der Waals surface area contributed by atoms with Gasteiger partial charge in [0.1, 0.15) is 4.90 Å². The van der Waals surface area contributed by atoms with Crippen LogP contribution < -0.4 is 5.32 Å². The molecule has 4 nitrogen and oxygen atoms in total. The second-order valence-corrected chi connectivity index (χ2v) is 8.41. The third-order valence-electron chi connectivity index (χ3n) is 4.24. The minimum atomic E-state index is -3.97. The van der Waals surface area contributed by atoms with E-state index >= 15 is 0 Å². The first-order valence-corrected chi connectivity index (χ1v) is 9.49. The second kappa shape index (κ2) is 6.15. The lowest BCUT2D eigenvalue weighted by Gasteiger charge is -2.41. The van der Waals surface area contributed by atoms with E-state index in [2.05, 4.69) is 12.2 Å². The number of carbonyl (C=O) groups is 1. The van der Waals surface area contributed by atoms with Crippen molar-refractivity contribution in [2.45, 2.75) is 37.5 Å². The summed E-state index contributed by atoms with van der Waals surface area (Å²) in [6.45, 7) is 2.72. The van der Waals surface area contributed by atoms with Crippen LogP contribution in [0.5, 0.6) is 0 Å². The van der Waals surface area contributed by atoms with E-state index in [4.69, 9.17) is 22.3 Å². The Morgan fingerprint density at radius 1 is 1.38 bits per heavy atom. The summed E-state index contributed by atoms with van der Waals surface area (Å²) in [5.41, 5.74) is 0.438. The van der Waals surface area contributed by atoms with Gasteiger partial charge in [-0.15, -0.1) is 0 Å². The lowest BCUT2D eigenvalue weighted by molar-refractivity contribution is 0.0850. The highest BCUT2D eigenvalue weighted by Gasteiger charge is 2.35. The van der Waals surface area contributed by atoms with Crippen molar-refractivity contribution in [3.8, 4) is 0 Å². The zero-order valence-electron chi connectivity index (χ0n) is 11.7. The van der Waals surface area contributed by atoms with Crippen molar-refractivity contribution in [3.05, 3.63) is 28.8 Å². The molecule has 0 aromatic heterocycles. The molecule has 21 heavy (non-hydrogen) atoms. The smallest absolute Gasteiger partial charge is 0.262 e. The number of hydrogen-bond donors (Lipinski definition) is 1. The lowest BCUT2D eigenvalue weighted by atomic mass is 9.67. The van der Waals surface area contributed by atoms with Crippen LogP contribution in [0.1, 0.15) is 43.0 Å². The average molecular weight is 350 g/mol. The Labute approximate surface area is 134 Å². The van der Waals surface area contributed by atoms with Crippen molar-refractivity contribution < 1.29 is 13.2 Å². The van der Waals surface area contributed by atoms with Crippen LogP contribution in [0.25, 0.3) is 0 Å². The normalized spacial score (nSPS) is 17.1. The number of carbonyl (C=O) groups excluding carboxylic acids is 1. The third-order valence-corrected chi connectivity index (χ3v) is 6.05. The first-order valence-electron chi connectivity index (χ1n) is 6.80. The van der Waals surface area contributed by atoms with Gasteiger partial charge in [0.05, 0.1) is 5.02 Å². The fourth-order valence-electron chi connectivity index (χ4n) is 2.53. The molecule has 0 atom stereocenters. The molecule has 1 aromatic rings. The fourth-order valence-corrected chi connectivity index (χ4v) is 4.03. The summed E-state index contributed by atoms with van der Waals surface area (Å²) in [7, 11) is 1.33. The molecule has 1 N–H and O–H groups in total. The van der Waals surface area contributed by atoms with Gasteiger partial charge in [0.15, 0.2) is 0 Å². The molecule has 116 valence electrons. The van der Waals surface area contributed by atoms with Crippen LogP contribution in [0.15, 0.2) is 23.1 Å². The summed E-state index contributed by atoms with van der Waals surface area (Å²) < 4.78 is 22.8. The zero-order valence-corrected chi connectivity index (χ0v) is 14.0. The molecule has 7 heteroatoms. The van der Waals surface area contributed by atoms with Crippen LogP contribution in [0.2, 0.25) is 5.02 Å². The third kappa shape index (κ3) is 3.71. The molecule has 0 spiro atoms. The molecule has 0 radical (unpaired) electrons. The molecule has 0 heterocycles. The van der Waals surface area contributed by atoms with E-state index in [0.29, 0.717) is 6.54 Å². The molecule has 1 saturated carbocycles. The van der Waals surface area contributed by atoms with E-state index in [1.165, 1.54) is 24.6 Å². The first kappa shape index (κ1) is 16.6. The number of amides is 1. The number of nitrogens with one attached hydrogen (secondary N) is 1. The summed E-state index contributed by atoms with van der Waals surface area (Å²) in [6, 6.07) is 4.06. The quantitative estimate of drug-likeness (QED) is 0.826. The Balaban J connectivity index is 2.13. The summed E-state index contributed by atoms with van der Waals surface area (Å²) in [6.07, 6.45) is 4.45. The standard InChI is InChI=1S/C14H17Cl2NO3S/c1-2-14(6-3-7-14)9-17-13(18)10-4-5-11(15)12(8-10)21(16,19)20/h4-5,8H,2-3,6-7,9H2,1H3,(H,17,18). The van der Waals surface area contributed by atoms with Gasteiger partial charge in [-0.3, -0.25) is 4.79 Å². The van der Waals surface area contributed by atoms with Crippen LogP contribution in [-0.4, -0.2) is 20.9 Å². The predicted molar refractivity (Wildman–Crippen MR) is 83.4 cm³/mol. The van der Waals surface area contributed by atoms with Crippen LogP contribution in [0, 0.1) is 5.41 Å². The highest BCUT2D eigenvalue weighted by molar-refractivity contribution is 8.13. The molecule has 1 aliphatic carbocycles. The molecule has 1 fully saturated rings. The van der Waals surface area contributed by atoms with Gasteiger partial charge in [0.2, 0.25) is 0 Å². The highest BCUT2D eigenvalue weighted by atomic mass is 35.7. The molecule has 0 aliphatic heterocycles. The van der Waals surface area contributed by atoms with E-state index in [9.17, 15) is 13.2 Å². The summed E-state index contributed by atoms with van der Waals surface area (Å²) in [5, 5.41) is 2.88. The van der Waals surface area contributed by atoms with E-state index in [0.717, 1.165) is 19.3 Å². The summed E-state index contributed by atoms with van der Waals surface area (Å²) in [5.74, 6) is -0.312. The number of halogens is 2. The maximum atomic E-state index is 12.1. The van der Waals surface area contributed by atoms with Gasteiger partial charge in [0.25, 0.3) is 15.0 Å². The van der Waals surface area contributed by atoms with Gasteiger partial charge >= 0.3 is 0 Å². The van der Waals surface area contributed by atoms with Gasteiger partial charge in [-0.2, -0.15) is 0 Å². The van der Waals surface area contributed by atoms with Gasteiger partial charge in [-0.25, -0.2) is 8.42 Å². The number of hydrogen-bond acceptors (Lipinski definition) is 3. The van der Waals surface area contributed by atoms with Gasteiger partial charge < -0.3 is 5.32 Å². The van der Waals surface area contributed by atoms with E-state index in [1.807, 2.05) is 0 Å². The van der Waals surface area contributed by atoms with Crippen LogP contribution in [-0.2, 0) is 9.05 Å². The average Bonchev–Trinajstić information content (AvgIpc) is 2.37. The molecule has 1 amide bonds. The number of rotatable bonds is 5. The van der Waals surface area contributed by atoms with Crippen molar-refractivity contribution in [2.24, 2.45) is 5.41 Å². The van der Waals surface area contributed by atoms with Crippen molar-refractivity contribution in [1.29, 1.82) is 0 Å². The van der Waals surface area contributed by atoms with Gasteiger partial charge in [-0.1, -0.05) is 24.9 Å².